The molecule has 0 fully saturated rings. The number of benzene rings is 1. The van der Waals surface area contributed by atoms with Crippen LogP contribution in [0.1, 0.15) is 10.7 Å². The summed E-state index contributed by atoms with van der Waals surface area (Å²) >= 11 is 1.63. The monoisotopic (exact) mass is 261 g/mol. The highest BCUT2D eigenvalue weighted by Gasteiger charge is 2.02. The highest BCUT2D eigenvalue weighted by atomic mass is 32.1. The average Bonchev–Trinajstić information content (AvgIpc) is 2.76. The van der Waals surface area contributed by atoms with E-state index in [4.69, 9.17) is 0 Å². The van der Waals surface area contributed by atoms with Gasteiger partial charge in [-0.2, -0.15) is 0 Å². The molecule has 2 aromatic rings. The van der Waals surface area contributed by atoms with Crippen LogP contribution in [-0.4, -0.2) is 17.6 Å². The van der Waals surface area contributed by atoms with Crippen LogP contribution in [0.4, 0.5) is 10.5 Å². The van der Waals surface area contributed by atoms with Crippen LogP contribution in [0.15, 0.2) is 35.7 Å². The number of aromatic nitrogens is 1. The molecule has 0 radical (unpaired) electrons. The largest absolute Gasteiger partial charge is 0.337 e. The van der Waals surface area contributed by atoms with Crippen molar-refractivity contribution in [3.8, 4) is 0 Å². The SMILES string of the molecule is Cc1nc(CCNC(=O)Nc2ccccc2)cs1. The van der Waals surface area contributed by atoms with E-state index < -0.39 is 0 Å². The Morgan fingerprint density at radius 1 is 1.33 bits per heavy atom. The van der Waals surface area contributed by atoms with E-state index >= 15 is 0 Å². The number of nitrogens with one attached hydrogen (secondary N) is 2. The maximum Gasteiger partial charge on any atom is 0.319 e. The quantitative estimate of drug-likeness (QED) is 0.889. The van der Waals surface area contributed by atoms with Gasteiger partial charge in [-0.15, -0.1) is 11.3 Å². The predicted octanol–water partition coefficient (Wildman–Crippen LogP) is 2.82. The summed E-state index contributed by atoms with van der Waals surface area (Å²) < 4.78 is 0. The smallest absolute Gasteiger partial charge is 0.319 e. The molecule has 0 saturated heterocycles. The number of para-hydroxylation sites is 1. The van der Waals surface area contributed by atoms with Crippen molar-refractivity contribution in [1.29, 1.82) is 0 Å². The number of nitrogens with zero attached hydrogens (tertiary/aromatic N) is 1. The zero-order valence-electron chi connectivity index (χ0n) is 10.1. The molecule has 0 atom stereocenters. The molecule has 2 amide bonds. The lowest BCUT2D eigenvalue weighted by molar-refractivity contribution is 0.252. The second-order valence-electron chi connectivity index (χ2n) is 3.85. The fourth-order valence-electron chi connectivity index (χ4n) is 1.52. The Bertz CT molecular complexity index is 510. The summed E-state index contributed by atoms with van der Waals surface area (Å²) in [5.74, 6) is 0. The lowest BCUT2D eigenvalue weighted by atomic mass is 10.3. The summed E-state index contributed by atoms with van der Waals surface area (Å²) in [4.78, 5) is 15.9. The minimum atomic E-state index is -0.187. The number of urea groups is 1. The van der Waals surface area contributed by atoms with Crippen molar-refractivity contribution in [2.24, 2.45) is 0 Å². The molecule has 1 heterocycles. The van der Waals surface area contributed by atoms with E-state index in [2.05, 4.69) is 15.6 Å². The van der Waals surface area contributed by atoms with E-state index in [-0.39, 0.29) is 6.03 Å². The van der Waals surface area contributed by atoms with Crippen LogP contribution in [0.3, 0.4) is 0 Å². The van der Waals surface area contributed by atoms with Gasteiger partial charge in [0.05, 0.1) is 10.7 Å². The van der Waals surface area contributed by atoms with Crippen LogP contribution < -0.4 is 10.6 Å². The van der Waals surface area contributed by atoms with Crippen molar-refractivity contribution in [3.63, 3.8) is 0 Å². The van der Waals surface area contributed by atoms with Crippen molar-refractivity contribution >= 4 is 23.1 Å². The van der Waals surface area contributed by atoms with Crippen molar-refractivity contribution in [1.82, 2.24) is 10.3 Å². The average molecular weight is 261 g/mol. The number of rotatable bonds is 4. The lowest BCUT2D eigenvalue weighted by Crippen LogP contribution is -2.30. The van der Waals surface area contributed by atoms with E-state index in [0.717, 1.165) is 22.8 Å². The number of anilines is 1. The second-order valence-corrected chi connectivity index (χ2v) is 4.92. The molecule has 1 aromatic carbocycles. The molecule has 0 aliphatic rings. The van der Waals surface area contributed by atoms with Gasteiger partial charge in [0.1, 0.15) is 0 Å². The molecule has 0 aliphatic heterocycles. The second kappa shape index (κ2) is 6.16. The highest BCUT2D eigenvalue weighted by molar-refractivity contribution is 7.09. The van der Waals surface area contributed by atoms with E-state index in [1.165, 1.54) is 0 Å². The van der Waals surface area contributed by atoms with Crippen LogP contribution in [-0.2, 0) is 6.42 Å². The van der Waals surface area contributed by atoms with Crippen molar-refractivity contribution < 1.29 is 4.79 Å². The Balaban J connectivity index is 1.72. The van der Waals surface area contributed by atoms with Gasteiger partial charge in [0, 0.05) is 24.0 Å². The van der Waals surface area contributed by atoms with Crippen LogP contribution in [0.25, 0.3) is 0 Å². The number of thiazole rings is 1. The van der Waals surface area contributed by atoms with Gasteiger partial charge in [-0.25, -0.2) is 9.78 Å². The van der Waals surface area contributed by atoms with Gasteiger partial charge in [-0.05, 0) is 19.1 Å². The van der Waals surface area contributed by atoms with Gasteiger partial charge in [-0.1, -0.05) is 18.2 Å². The van der Waals surface area contributed by atoms with Crippen molar-refractivity contribution in [3.05, 3.63) is 46.4 Å². The standard InChI is InChI=1S/C13H15N3OS/c1-10-15-12(9-18-10)7-8-14-13(17)16-11-5-3-2-4-6-11/h2-6,9H,7-8H2,1H3,(H2,14,16,17). The van der Waals surface area contributed by atoms with Gasteiger partial charge in [0.15, 0.2) is 0 Å². The Labute approximate surface area is 110 Å². The number of aryl methyl sites for hydroxylation is 1. The summed E-state index contributed by atoms with van der Waals surface area (Å²) in [5.41, 5.74) is 1.82. The van der Waals surface area contributed by atoms with Gasteiger partial charge < -0.3 is 10.6 Å². The first-order valence-corrected chi connectivity index (χ1v) is 6.63. The molecule has 94 valence electrons. The zero-order valence-corrected chi connectivity index (χ0v) is 11.0. The Morgan fingerprint density at radius 3 is 2.78 bits per heavy atom. The molecule has 0 spiro atoms. The van der Waals surface area contributed by atoms with E-state index in [0.29, 0.717) is 6.54 Å². The molecule has 2 N–H and O–H groups in total. The third-order valence-corrected chi connectivity index (χ3v) is 3.19. The minimum absolute atomic E-state index is 0.187. The maximum absolute atomic E-state index is 11.6. The molecular formula is C13H15N3OS. The molecule has 0 saturated carbocycles. The normalized spacial score (nSPS) is 10.1. The number of carbonyl (C=O) groups excluding carboxylic acids is 1. The summed E-state index contributed by atoms with van der Waals surface area (Å²) in [6.45, 7) is 2.56. The third kappa shape index (κ3) is 3.85. The summed E-state index contributed by atoms with van der Waals surface area (Å²) in [6, 6.07) is 9.19. The fourth-order valence-corrected chi connectivity index (χ4v) is 2.17. The number of hydrogen-bond donors (Lipinski definition) is 2. The first-order chi connectivity index (χ1) is 8.74. The van der Waals surface area contributed by atoms with E-state index in [9.17, 15) is 4.79 Å². The number of carbonyl (C=O) groups is 1. The van der Waals surface area contributed by atoms with Crippen LogP contribution >= 0.6 is 11.3 Å². The fraction of sp³-hybridized carbons (Fsp3) is 0.231. The first kappa shape index (κ1) is 12.6. The van der Waals surface area contributed by atoms with Crippen molar-refractivity contribution in [2.45, 2.75) is 13.3 Å². The molecule has 4 nitrogen and oxygen atoms in total. The van der Waals surface area contributed by atoms with Crippen LogP contribution in [0, 0.1) is 6.92 Å². The Kier molecular flexibility index (Phi) is 4.30. The van der Waals surface area contributed by atoms with E-state index in [1.54, 1.807) is 11.3 Å². The summed E-state index contributed by atoms with van der Waals surface area (Å²) in [7, 11) is 0. The molecule has 0 unspecified atom stereocenters. The van der Waals surface area contributed by atoms with Crippen molar-refractivity contribution in [2.75, 3.05) is 11.9 Å². The lowest BCUT2D eigenvalue weighted by Gasteiger charge is -2.06. The summed E-state index contributed by atoms with van der Waals surface area (Å²) in [6.07, 6.45) is 0.756. The van der Waals surface area contributed by atoms with Crippen LogP contribution in [0.5, 0.6) is 0 Å². The maximum atomic E-state index is 11.6. The topological polar surface area (TPSA) is 54.0 Å². The minimum Gasteiger partial charge on any atom is -0.337 e. The van der Waals surface area contributed by atoms with Gasteiger partial charge in [-0.3, -0.25) is 0 Å². The molecular weight excluding hydrogens is 246 g/mol. The first-order valence-electron chi connectivity index (χ1n) is 5.75. The number of hydrogen-bond acceptors (Lipinski definition) is 3. The molecule has 18 heavy (non-hydrogen) atoms. The number of amides is 2. The summed E-state index contributed by atoms with van der Waals surface area (Å²) in [5, 5.41) is 8.64. The highest BCUT2D eigenvalue weighted by Crippen LogP contribution is 2.08. The third-order valence-electron chi connectivity index (χ3n) is 2.36. The Hall–Kier alpha value is -1.88. The van der Waals surface area contributed by atoms with Gasteiger partial charge >= 0.3 is 6.03 Å². The molecule has 2 rings (SSSR count). The van der Waals surface area contributed by atoms with Gasteiger partial charge in [0.25, 0.3) is 0 Å². The van der Waals surface area contributed by atoms with Crippen LogP contribution in [0.2, 0.25) is 0 Å². The molecule has 5 heteroatoms. The molecule has 0 bridgehead atoms. The van der Waals surface area contributed by atoms with E-state index in [1.807, 2.05) is 42.6 Å². The predicted molar refractivity (Wildman–Crippen MR) is 74.0 cm³/mol. The Morgan fingerprint density at radius 2 is 2.11 bits per heavy atom. The molecule has 1 aromatic heterocycles. The zero-order chi connectivity index (χ0) is 12.8. The molecule has 0 aliphatic carbocycles. The van der Waals surface area contributed by atoms with Gasteiger partial charge in [0.2, 0.25) is 0 Å².